The molecule has 3 aromatic rings. The van der Waals surface area contributed by atoms with Crippen LogP contribution >= 0.6 is 45.2 Å². The van der Waals surface area contributed by atoms with Crippen molar-refractivity contribution < 1.29 is 14.5 Å². The Balaban J connectivity index is 1.78. The predicted molar refractivity (Wildman–Crippen MR) is 107 cm³/mol. The SMILES string of the molecule is Cc1c(C(=O)NN=Cc2cc(I)cc(I)c2O)nnn1-c1nonc1N. The predicted octanol–water partition coefficient (Wildman–Crippen LogP) is 1.22. The third-order valence-electron chi connectivity index (χ3n) is 3.23. The molecule has 0 fully saturated rings. The summed E-state index contributed by atoms with van der Waals surface area (Å²) in [5, 5.41) is 28.5. The Kier molecular flexibility index (Phi) is 5.35. The number of phenolic OH excluding ortho intramolecular Hbond substituents is 1. The first kappa shape index (κ1) is 18.5. The Bertz CT molecular complexity index is 1010. The molecule has 0 saturated carbocycles. The van der Waals surface area contributed by atoms with Gasteiger partial charge in [-0.15, -0.1) is 5.10 Å². The second kappa shape index (κ2) is 7.52. The summed E-state index contributed by atoms with van der Waals surface area (Å²) in [7, 11) is 0. The van der Waals surface area contributed by atoms with Gasteiger partial charge in [-0.2, -0.15) is 9.78 Å². The molecule has 134 valence electrons. The highest BCUT2D eigenvalue weighted by atomic mass is 127. The molecule has 0 aliphatic carbocycles. The van der Waals surface area contributed by atoms with Crippen LogP contribution in [0.25, 0.3) is 5.82 Å². The highest BCUT2D eigenvalue weighted by molar-refractivity contribution is 14.1. The van der Waals surface area contributed by atoms with Gasteiger partial charge in [-0.1, -0.05) is 5.21 Å². The summed E-state index contributed by atoms with van der Waals surface area (Å²) in [5.41, 5.74) is 8.83. The van der Waals surface area contributed by atoms with Gasteiger partial charge in [-0.3, -0.25) is 4.79 Å². The van der Waals surface area contributed by atoms with E-state index in [1.165, 1.54) is 10.9 Å². The molecule has 13 heteroatoms. The molecule has 1 aromatic carbocycles. The number of hydrogen-bond donors (Lipinski definition) is 3. The number of amides is 1. The van der Waals surface area contributed by atoms with Crippen LogP contribution in [0, 0.1) is 14.1 Å². The number of aromatic hydroxyl groups is 1. The number of carbonyl (C=O) groups is 1. The maximum atomic E-state index is 12.2. The first-order valence-electron chi connectivity index (χ1n) is 6.90. The van der Waals surface area contributed by atoms with Crippen molar-refractivity contribution in [3.63, 3.8) is 0 Å². The lowest BCUT2D eigenvalue weighted by Crippen LogP contribution is -2.19. The van der Waals surface area contributed by atoms with E-state index in [1.54, 1.807) is 13.0 Å². The second-order valence-corrected chi connectivity index (χ2v) is 7.34. The zero-order chi connectivity index (χ0) is 18.8. The van der Waals surface area contributed by atoms with Gasteiger partial charge in [-0.25, -0.2) is 10.1 Å². The lowest BCUT2D eigenvalue weighted by Gasteiger charge is -2.03. The van der Waals surface area contributed by atoms with E-state index in [9.17, 15) is 9.90 Å². The van der Waals surface area contributed by atoms with Gasteiger partial charge in [0.1, 0.15) is 5.75 Å². The van der Waals surface area contributed by atoms with Gasteiger partial charge in [0, 0.05) is 9.13 Å². The summed E-state index contributed by atoms with van der Waals surface area (Å²) in [5.74, 6) is -0.345. The summed E-state index contributed by atoms with van der Waals surface area (Å²) in [6, 6.07) is 3.55. The molecule has 2 heterocycles. The van der Waals surface area contributed by atoms with Crippen LogP contribution in [-0.2, 0) is 0 Å². The molecule has 0 spiro atoms. The summed E-state index contributed by atoms with van der Waals surface area (Å²) in [4.78, 5) is 12.2. The summed E-state index contributed by atoms with van der Waals surface area (Å²) >= 11 is 4.13. The van der Waals surface area contributed by atoms with E-state index in [2.05, 4.69) is 58.4 Å². The summed E-state index contributed by atoms with van der Waals surface area (Å²) in [6.07, 6.45) is 1.34. The van der Waals surface area contributed by atoms with Crippen molar-refractivity contribution in [3.05, 3.63) is 36.2 Å². The minimum absolute atomic E-state index is 0.0201. The van der Waals surface area contributed by atoms with Gasteiger partial charge in [-0.05, 0) is 74.6 Å². The maximum Gasteiger partial charge on any atom is 0.293 e. The molecule has 4 N–H and O–H groups in total. The van der Waals surface area contributed by atoms with Gasteiger partial charge in [0.2, 0.25) is 11.6 Å². The first-order valence-corrected chi connectivity index (χ1v) is 9.06. The fourth-order valence-electron chi connectivity index (χ4n) is 1.98. The molecular weight excluding hydrogens is 570 g/mol. The first-order chi connectivity index (χ1) is 12.4. The zero-order valence-corrected chi connectivity index (χ0v) is 17.3. The number of benzene rings is 1. The number of phenols is 1. The number of hydrazone groups is 1. The fourth-order valence-corrected chi connectivity index (χ4v) is 3.87. The van der Waals surface area contributed by atoms with E-state index in [-0.39, 0.29) is 23.1 Å². The largest absolute Gasteiger partial charge is 0.506 e. The van der Waals surface area contributed by atoms with Gasteiger partial charge < -0.3 is 10.8 Å². The molecule has 26 heavy (non-hydrogen) atoms. The zero-order valence-electron chi connectivity index (χ0n) is 13.0. The number of nitrogens with zero attached hydrogens (tertiary/aromatic N) is 6. The molecule has 0 bridgehead atoms. The number of nitrogen functional groups attached to an aromatic ring is 1. The summed E-state index contributed by atoms with van der Waals surface area (Å²) in [6.45, 7) is 1.61. The molecule has 0 unspecified atom stereocenters. The minimum Gasteiger partial charge on any atom is -0.506 e. The van der Waals surface area contributed by atoms with Crippen molar-refractivity contribution >= 4 is 63.1 Å². The molecule has 2 aromatic heterocycles. The number of nitrogens with one attached hydrogen (secondary N) is 1. The highest BCUT2D eigenvalue weighted by Crippen LogP contribution is 2.25. The van der Waals surface area contributed by atoms with E-state index < -0.39 is 5.91 Å². The van der Waals surface area contributed by atoms with Crippen molar-refractivity contribution in [2.75, 3.05) is 5.73 Å². The van der Waals surface area contributed by atoms with Crippen molar-refractivity contribution in [1.29, 1.82) is 0 Å². The smallest absolute Gasteiger partial charge is 0.293 e. The molecule has 11 nitrogen and oxygen atoms in total. The van der Waals surface area contributed by atoms with Crippen LogP contribution in [0.4, 0.5) is 5.82 Å². The molecule has 0 aliphatic rings. The molecule has 1 amide bonds. The van der Waals surface area contributed by atoms with E-state index in [1.807, 2.05) is 28.7 Å². The van der Waals surface area contributed by atoms with Crippen LogP contribution < -0.4 is 11.2 Å². The van der Waals surface area contributed by atoms with E-state index in [4.69, 9.17) is 5.73 Å². The van der Waals surface area contributed by atoms with Crippen LogP contribution in [-0.4, -0.2) is 42.5 Å². The van der Waals surface area contributed by atoms with E-state index in [0.29, 0.717) is 14.8 Å². The Labute approximate surface area is 173 Å². The number of halogens is 2. The highest BCUT2D eigenvalue weighted by Gasteiger charge is 2.20. The fraction of sp³-hybridized carbons (Fsp3) is 0.0769. The lowest BCUT2D eigenvalue weighted by molar-refractivity contribution is 0.0949. The topological polar surface area (TPSA) is 157 Å². The monoisotopic (exact) mass is 580 g/mol. The third-order valence-corrected chi connectivity index (χ3v) is 4.68. The lowest BCUT2D eigenvalue weighted by atomic mass is 10.2. The molecule has 0 radical (unpaired) electrons. The van der Waals surface area contributed by atoms with E-state index >= 15 is 0 Å². The standard InChI is InChI=1S/C13H10I2N8O3/c1-5-9(18-22-23(5)12-11(16)20-26-21-12)13(25)19-17-4-6-2-7(14)3-8(15)10(6)24/h2-4,24H,1H3,(H2,16,20)(H,19,25). The molecule has 0 saturated heterocycles. The van der Waals surface area contributed by atoms with Crippen LogP contribution in [0.2, 0.25) is 0 Å². The van der Waals surface area contributed by atoms with Crippen molar-refractivity contribution in [1.82, 2.24) is 30.7 Å². The Morgan fingerprint density at radius 3 is 2.88 bits per heavy atom. The van der Waals surface area contributed by atoms with Gasteiger partial charge >= 0.3 is 0 Å². The van der Waals surface area contributed by atoms with Crippen molar-refractivity contribution in [2.45, 2.75) is 6.92 Å². The average molecular weight is 580 g/mol. The van der Waals surface area contributed by atoms with Crippen LogP contribution in [0.1, 0.15) is 21.7 Å². The van der Waals surface area contributed by atoms with Gasteiger partial charge in [0.15, 0.2) is 5.69 Å². The Morgan fingerprint density at radius 2 is 2.19 bits per heavy atom. The normalized spacial score (nSPS) is 11.2. The van der Waals surface area contributed by atoms with Crippen LogP contribution in [0.5, 0.6) is 5.75 Å². The minimum atomic E-state index is -0.583. The molecule has 0 aliphatic heterocycles. The quantitative estimate of drug-likeness (QED) is 0.236. The van der Waals surface area contributed by atoms with Crippen LogP contribution in [0.3, 0.4) is 0 Å². The molecule has 0 atom stereocenters. The number of anilines is 1. The molecule has 3 rings (SSSR count). The molecular formula is C13H10I2N8O3. The third kappa shape index (κ3) is 3.62. The average Bonchev–Trinajstić information content (AvgIpc) is 3.17. The summed E-state index contributed by atoms with van der Waals surface area (Å²) < 4.78 is 7.35. The Morgan fingerprint density at radius 1 is 1.42 bits per heavy atom. The number of aromatic nitrogens is 5. The maximum absolute atomic E-state index is 12.2. The van der Waals surface area contributed by atoms with E-state index in [0.717, 1.165) is 3.57 Å². The van der Waals surface area contributed by atoms with Crippen molar-refractivity contribution in [2.24, 2.45) is 5.10 Å². The number of hydrogen-bond acceptors (Lipinski definition) is 9. The van der Waals surface area contributed by atoms with Gasteiger partial charge in [0.05, 0.1) is 15.5 Å². The van der Waals surface area contributed by atoms with Crippen LogP contribution in [0.15, 0.2) is 21.9 Å². The second-order valence-electron chi connectivity index (χ2n) is 4.93. The van der Waals surface area contributed by atoms with Gasteiger partial charge in [0.25, 0.3) is 5.91 Å². The Hall–Kier alpha value is -2.30. The number of nitrogens with two attached hydrogens (primary N) is 1. The number of rotatable bonds is 4. The van der Waals surface area contributed by atoms with Crippen molar-refractivity contribution in [3.8, 4) is 11.6 Å². The number of carbonyl (C=O) groups excluding carboxylic acids is 1.